The van der Waals surface area contributed by atoms with Gasteiger partial charge in [0.05, 0.1) is 17.3 Å². The number of nitrogen functional groups attached to an aromatic ring is 1. The van der Waals surface area contributed by atoms with Gasteiger partial charge >= 0.3 is 0 Å². The van der Waals surface area contributed by atoms with E-state index < -0.39 is 5.82 Å². The van der Waals surface area contributed by atoms with Gasteiger partial charge in [-0.1, -0.05) is 12.1 Å². The number of carbonyl (C=O) groups excluding carboxylic acids is 1. The molecule has 5 heteroatoms. The van der Waals surface area contributed by atoms with Gasteiger partial charge in [0, 0.05) is 4.88 Å². The smallest absolute Gasteiger partial charge is 0.253 e. The van der Waals surface area contributed by atoms with E-state index in [1.54, 1.807) is 11.3 Å². The minimum atomic E-state index is -0.577. The number of anilines is 1. The van der Waals surface area contributed by atoms with E-state index in [9.17, 15) is 9.18 Å². The highest BCUT2D eigenvalue weighted by Crippen LogP contribution is 2.20. The Hall–Kier alpha value is -1.88. The van der Waals surface area contributed by atoms with Crippen molar-refractivity contribution < 1.29 is 9.18 Å². The molecule has 1 amide bonds. The summed E-state index contributed by atoms with van der Waals surface area (Å²) >= 11 is 1.56. The zero-order chi connectivity index (χ0) is 13.1. The van der Waals surface area contributed by atoms with E-state index >= 15 is 0 Å². The zero-order valence-electron chi connectivity index (χ0n) is 9.81. The second kappa shape index (κ2) is 5.18. The molecular formula is C13H13FN2OS. The molecule has 94 valence electrons. The summed E-state index contributed by atoms with van der Waals surface area (Å²) in [6.07, 6.45) is 0. The molecule has 1 atom stereocenters. The van der Waals surface area contributed by atoms with E-state index in [0.717, 1.165) is 4.88 Å². The number of para-hydroxylation sites is 1. The second-order valence-electron chi connectivity index (χ2n) is 3.91. The van der Waals surface area contributed by atoms with E-state index in [0.29, 0.717) is 0 Å². The number of benzene rings is 1. The van der Waals surface area contributed by atoms with E-state index in [1.807, 2.05) is 24.4 Å². The Morgan fingerprint density at radius 1 is 1.39 bits per heavy atom. The van der Waals surface area contributed by atoms with Gasteiger partial charge in [-0.3, -0.25) is 4.79 Å². The van der Waals surface area contributed by atoms with Crippen molar-refractivity contribution in [1.82, 2.24) is 5.32 Å². The van der Waals surface area contributed by atoms with Crippen molar-refractivity contribution >= 4 is 22.9 Å². The fraction of sp³-hybridized carbons (Fsp3) is 0.154. The minimum Gasteiger partial charge on any atom is -0.396 e. The molecule has 0 aliphatic heterocycles. The quantitative estimate of drug-likeness (QED) is 0.837. The summed E-state index contributed by atoms with van der Waals surface area (Å²) in [6, 6.07) is 7.93. The van der Waals surface area contributed by atoms with Crippen molar-refractivity contribution in [2.24, 2.45) is 0 Å². The molecule has 0 spiro atoms. The van der Waals surface area contributed by atoms with Crippen LogP contribution in [0, 0.1) is 5.82 Å². The number of nitrogens with one attached hydrogen (secondary N) is 1. The minimum absolute atomic E-state index is 0.117. The molecular weight excluding hydrogens is 251 g/mol. The lowest BCUT2D eigenvalue weighted by molar-refractivity contribution is 0.0941. The van der Waals surface area contributed by atoms with Crippen LogP contribution in [-0.4, -0.2) is 5.91 Å². The van der Waals surface area contributed by atoms with Crippen LogP contribution in [0.3, 0.4) is 0 Å². The van der Waals surface area contributed by atoms with Gasteiger partial charge < -0.3 is 11.1 Å². The number of nitrogens with two attached hydrogens (primary N) is 1. The summed E-state index contributed by atoms with van der Waals surface area (Å²) in [5, 5.41) is 4.73. The first-order valence-corrected chi connectivity index (χ1v) is 6.36. The van der Waals surface area contributed by atoms with Crippen molar-refractivity contribution in [3.63, 3.8) is 0 Å². The Balaban J connectivity index is 2.15. The molecule has 1 aromatic heterocycles. The highest BCUT2D eigenvalue weighted by atomic mass is 32.1. The summed E-state index contributed by atoms with van der Waals surface area (Å²) < 4.78 is 13.2. The van der Waals surface area contributed by atoms with Gasteiger partial charge in [0.1, 0.15) is 5.82 Å². The largest absolute Gasteiger partial charge is 0.396 e. The molecule has 0 radical (unpaired) electrons. The molecule has 0 saturated carbocycles. The summed E-state index contributed by atoms with van der Waals surface area (Å²) in [6.45, 7) is 1.87. The van der Waals surface area contributed by atoms with Crippen molar-refractivity contribution in [2.45, 2.75) is 13.0 Å². The van der Waals surface area contributed by atoms with Crippen molar-refractivity contribution in [1.29, 1.82) is 0 Å². The lowest BCUT2D eigenvalue weighted by Crippen LogP contribution is -2.27. The fourth-order valence-corrected chi connectivity index (χ4v) is 2.35. The number of rotatable bonds is 3. The molecule has 1 heterocycles. The van der Waals surface area contributed by atoms with E-state index in [-0.39, 0.29) is 23.2 Å². The van der Waals surface area contributed by atoms with Gasteiger partial charge in [-0.2, -0.15) is 0 Å². The molecule has 0 fully saturated rings. The number of halogens is 1. The Labute approximate surface area is 108 Å². The first-order valence-electron chi connectivity index (χ1n) is 5.48. The van der Waals surface area contributed by atoms with Gasteiger partial charge in [-0.15, -0.1) is 11.3 Å². The third-order valence-corrected chi connectivity index (χ3v) is 3.67. The van der Waals surface area contributed by atoms with Crippen molar-refractivity contribution in [3.05, 3.63) is 52.0 Å². The highest BCUT2D eigenvalue weighted by Gasteiger charge is 2.15. The van der Waals surface area contributed by atoms with Gasteiger partial charge in [-0.25, -0.2) is 4.39 Å². The van der Waals surface area contributed by atoms with Gasteiger partial charge in [0.2, 0.25) is 0 Å². The molecule has 18 heavy (non-hydrogen) atoms. The number of carbonyl (C=O) groups is 1. The Bertz CT molecular complexity index is 554. The topological polar surface area (TPSA) is 55.1 Å². The normalized spacial score (nSPS) is 12.1. The average Bonchev–Trinajstić information content (AvgIpc) is 2.86. The van der Waals surface area contributed by atoms with E-state index in [4.69, 9.17) is 5.73 Å². The predicted molar refractivity (Wildman–Crippen MR) is 71.0 cm³/mol. The fourth-order valence-electron chi connectivity index (χ4n) is 1.62. The van der Waals surface area contributed by atoms with Crippen molar-refractivity contribution in [3.8, 4) is 0 Å². The highest BCUT2D eigenvalue weighted by molar-refractivity contribution is 7.10. The standard InChI is InChI=1S/C13H13FN2OS/c1-8(11-6-3-7-18-11)16-13(17)9-4-2-5-10(14)12(9)15/h2-8H,15H2,1H3,(H,16,17)/t8-/m0/s1. The summed E-state index contributed by atoms with van der Waals surface area (Å²) in [4.78, 5) is 13.0. The van der Waals surface area contributed by atoms with Crippen LogP contribution in [-0.2, 0) is 0 Å². The summed E-state index contributed by atoms with van der Waals surface area (Å²) in [5.41, 5.74) is 5.59. The molecule has 2 rings (SSSR count). The summed E-state index contributed by atoms with van der Waals surface area (Å²) in [7, 11) is 0. The first-order chi connectivity index (χ1) is 8.59. The molecule has 3 N–H and O–H groups in total. The molecule has 0 unspecified atom stereocenters. The first kappa shape index (κ1) is 12.6. The Kier molecular flexibility index (Phi) is 3.62. The van der Waals surface area contributed by atoms with Crippen LogP contribution >= 0.6 is 11.3 Å². The maximum atomic E-state index is 13.2. The van der Waals surface area contributed by atoms with Gasteiger partial charge in [0.25, 0.3) is 5.91 Å². The maximum absolute atomic E-state index is 13.2. The van der Waals surface area contributed by atoms with Crippen LogP contribution in [0.1, 0.15) is 28.2 Å². The zero-order valence-corrected chi connectivity index (χ0v) is 10.6. The van der Waals surface area contributed by atoms with Crippen LogP contribution in [0.25, 0.3) is 0 Å². The van der Waals surface area contributed by atoms with Crippen LogP contribution in [0.5, 0.6) is 0 Å². The van der Waals surface area contributed by atoms with Crippen LogP contribution < -0.4 is 11.1 Å². The SMILES string of the molecule is C[C@H](NC(=O)c1cccc(F)c1N)c1cccs1. The third kappa shape index (κ3) is 2.51. The van der Waals surface area contributed by atoms with Gasteiger partial charge in [0.15, 0.2) is 0 Å². The van der Waals surface area contributed by atoms with Crippen LogP contribution in [0.4, 0.5) is 10.1 Å². The third-order valence-electron chi connectivity index (χ3n) is 2.62. The van der Waals surface area contributed by atoms with Crippen LogP contribution in [0.15, 0.2) is 35.7 Å². The van der Waals surface area contributed by atoms with E-state index in [1.165, 1.54) is 18.2 Å². The van der Waals surface area contributed by atoms with Crippen molar-refractivity contribution in [2.75, 3.05) is 5.73 Å². The predicted octanol–water partition coefficient (Wildman–Crippen LogP) is 2.96. The molecule has 0 aliphatic rings. The van der Waals surface area contributed by atoms with Crippen LogP contribution in [0.2, 0.25) is 0 Å². The Morgan fingerprint density at radius 2 is 2.17 bits per heavy atom. The Morgan fingerprint density at radius 3 is 2.83 bits per heavy atom. The number of amides is 1. The molecule has 0 aliphatic carbocycles. The second-order valence-corrected chi connectivity index (χ2v) is 4.89. The van der Waals surface area contributed by atoms with E-state index in [2.05, 4.69) is 5.32 Å². The molecule has 0 bridgehead atoms. The molecule has 3 nitrogen and oxygen atoms in total. The average molecular weight is 264 g/mol. The number of thiophene rings is 1. The lowest BCUT2D eigenvalue weighted by atomic mass is 10.1. The number of hydrogen-bond donors (Lipinski definition) is 2. The van der Waals surface area contributed by atoms with Gasteiger partial charge in [-0.05, 0) is 30.5 Å². The molecule has 2 aromatic rings. The summed E-state index contributed by atoms with van der Waals surface area (Å²) in [5.74, 6) is -0.945. The lowest BCUT2D eigenvalue weighted by Gasteiger charge is -2.13. The monoisotopic (exact) mass is 264 g/mol. The maximum Gasteiger partial charge on any atom is 0.253 e. The molecule has 1 aromatic carbocycles. The number of hydrogen-bond acceptors (Lipinski definition) is 3. The molecule has 0 saturated heterocycles.